The predicted molar refractivity (Wildman–Crippen MR) is 89.2 cm³/mol. The van der Waals surface area contributed by atoms with Crippen molar-refractivity contribution in [3.63, 3.8) is 0 Å². The number of carbonyl (C=O) groups excluding carboxylic acids is 2. The molecule has 0 fully saturated rings. The number of hydrogen-bond acceptors (Lipinski definition) is 4. The van der Waals surface area contributed by atoms with Crippen LogP contribution in [-0.2, 0) is 17.8 Å². The molecular formula is C17H24N4O3. The Morgan fingerprint density at radius 1 is 1.29 bits per heavy atom. The highest BCUT2D eigenvalue weighted by Crippen LogP contribution is 2.16. The molecule has 0 aliphatic heterocycles. The van der Waals surface area contributed by atoms with Gasteiger partial charge in [0.2, 0.25) is 5.91 Å². The average Bonchev–Trinajstić information content (AvgIpc) is 3.13. The van der Waals surface area contributed by atoms with E-state index in [-0.39, 0.29) is 18.1 Å². The third-order valence-electron chi connectivity index (χ3n) is 3.73. The van der Waals surface area contributed by atoms with E-state index in [0.717, 1.165) is 23.5 Å². The quantitative estimate of drug-likeness (QED) is 0.793. The van der Waals surface area contributed by atoms with Gasteiger partial charge in [0.15, 0.2) is 5.76 Å². The molecule has 0 atom stereocenters. The third-order valence-corrected chi connectivity index (χ3v) is 3.73. The molecule has 2 N–H and O–H groups in total. The number of amides is 2. The molecule has 0 radical (unpaired) electrons. The summed E-state index contributed by atoms with van der Waals surface area (Å²) >= 11 is 0. The maximum atomic E-state index is 11.9. The van der Waals surface area contributed by atoms with Crippen LogP contribution in [0.2, 0.25) is 0 Å². The molecule has 24 heavy (non-hydrogen) atoms. The van der Waals surface area contributed by atoms with E-state index in [9.17, 15) is 9.59 Å². The second-order valence-electron chi connectivity index (χ2n) is 6.20. The van der Waals surface area contributed by atoms with Crippen LogP contribution >= 0.6 is 0 Å². The highest BCUT2D eigenvalue weighted by atomic mass is 16.3. The molecule has 7 nitrogen and oxygen atoms in total. The van der Waals surface area contributed by atoms with Crippen molar-refractivity contribution in [2.75, 3.05) is 0 Å². The standard InChI is InChI=1S/C17H24N4O3/c1-11(2)10-21-13(4)14(12(3)20-21)7-8-16(22)18-19-17(23)15-6-5-9-24-15/h5-6,9,11H,7-8,10H2,1-4H3,(H,18,22)(H,19,23). The molecular weight excluding hydrogens is 308 g/mol. The number of hydrazine groups is 1. The molecule has 0 aromatic carbocycles. The fourth-order valence-electron chi connectivity index (χ4n) is 2.52. The van der Waals surface area contributed by atoms with Crippen LogP contribution < -0.4 is 10.9 Å². The summed E-state index contributed by atoms with van der Waals surface area (Å²) in [7, 11) is 0. The molecule has 0 unspecified atom stereocenters. The van der Waals surface area contributed by atoms with Gasteiger partial charge in [-0.2, -0.15) is 5.10 Å². The highest BCUT2D eigenvalue weighted by Gasteiger charge is 2.14. The Balaban J connectivity index is 1.85. The van der Waals surface area contributed by atoms with Crippen LogP contribution in [0.1, 0.15) is 47.8 Å². The molecule has 2 amide bonds. The summed E-state index contributed by atoms with van der Waals surface area (Å²) in [6, 6.07) is 3.13. The Morgan fingerprint density at radius 3 is 2.67 bits per heavy atom. The average molecular weight is 332 g/mol. The van der Waals surface area contributed by atoms with E-state index >= 15 is 0 Å². The van der Waals surface area contributed by atoms with Gasteiger partial charge in [-0.15, -0.1) is 0 Å². The summed E-state index contributed by atoms with van der Waals surface area (Å²) in [5.41, 5.74) is 7.84. The first kappa shape index (κ1) is 17.8. The SMILES string of the molecule is Cc1nn(CC(C)C)c(C)c1CCC(=O)NNC(=O)c1ccco1. The summed E-state index contributed by atoms with van der Waals surface area (Å²) in [4.78, 5) is 23.6. The molecule has 2 aromatic rings. The number of nitrogens with one attached hydrogen (secondary N) is 2. The zero-order valence-electron chi connectivity index (χ0n) is 14.5. The molecule has 0 aliphatic carbocycles. The fraction of sp³-hybridized carbons (Fsp3) is 0.471. The number of aromatic nitrogens is 2. The molecule has 2 aromatic heterocycles. The van der Waals surface area contributed by atoms with E-state index in [1.54, 1.807) is 6.07 Å². The molecule has 0 aliphatic rings. The monoisotopic (exact) mass is 332 g/mol. The highest BCUT2D eigenvalue weighted by molar-refractivity contribution is 5.92. The van der Waals surface area contributed by atoms with Crippen molar-refractivity contribution in [1.82, 2.24) is 20.6 Å². The Labute approximate surface area is 141 Å². The molecule has 7 heteroatoms. The lowest BCUT2D eigenvalue weighted by molar-refractivity contribution is -0.121. The Hall–Kier alpha value is -2.57. The van der Waals surface area contributed by atoms with Crippen LogP contribution in [0.25, 0.3) is 0 Å². The predicted octanol–water partition coefficient (Wildman–Crippen LogP) is 2.14. The van der Waals surface area contributed by atoms with Crippen LogP contribution in [-0.4, -0.2) is 21.6 Å². The fourth-order valence-corrected chi connectivity index (χ4v) is 2.52. The van der Waals surface area contributed by atoms with E-state index in [1.165, 1.54) is 12.3 Å². The summed E-state index contributed by atoms with van der Waals surface area (Å²) in [5.74, 6) is -0.0799. The van der Waals surface area contributed by atoms with Crippen molar-refractivity contribution in [2.24, 2.45) is 5.92 Å². The van der Waals surface area contributed by atoms with Crippen LogP contribution in [0.4, 0.5) is 0 Å². The van der Waals surface area contributed by atoms with E-state index < -0.39 is 5.91 Å². The largest absolute Gasteiger partial charge is 0.459 e. The van der Waals surface area contributed by atoms with Crippen LogP contribution in [0.15, 0.2) is 22.8 Å². The van der Waals surface area contributed by atoms with Crippen LogP contribution in [0.3, 0.4) is 0 Å². The van der Waals surface area contributed by atoms with Crippen LogP contribution in [0, 0.1) is 19.8 Å². The van der Waals surface area contributed by atoms with Crippen molar-refractivity contribution >= 4 is 11.8 Å². The van der Waals surface area contributed by atoms with Gasteiger partial charge in [-0.25, -0.2) is 0 Å². The topological polar surface area (TPSA) is 89.2 Å². The first-order chi connectivity index (χ1) is 11.4. The second-order valence-corrected chi connectivity index (χ2v) is 6.20. The molecule has 2 heterocycles. The second kappa shape index (κ2) is 7.81. The maximum absolute atomic E-state index is 11.9. The number of furan rings is 1. The number of rotatable bonds is 6. The van der Waals surface area contributed by atoms with Crippen LogP contribution in [0.5, 0.6) is 0 Å². The van der Waals surface area contributed by atoms with Crippen molar-refractivity contribution in [1.29, 1.82) is 0 Å². The lowest BCUT2D eigenvalue weighted by atomic mass is 10.1. The molecule has 0 saturated carbocycles. The maximum Gasteiger partial charge on any atom is 0.305 e. The summed E-state index contributed by atoms with van der Waals surface area (Å²) < 4.78 is 6.94. The van der Waals surface area contributed by atoms with Crippen molar-refractivity contribution < 1.29 is 14.0 Å². The zero-order valence-corrected chi connectivity index (χ0v) is 14.5. The van der Waals surface area contributed by atoms with Gasteiger partial charge in [-0.05, 0) is 43.9 Å². The van der Waals surface area contributed by atoms with Gasteiger partial charge in [0.25, 0.3) is 0 Å². The number of hydrogen-bond donors (Lipinski definition) is 2. The van der Waals surface area contributed by atoms with Crippen molar-refractivity contribution in [3.8, 4) is 0 Å². The lowest BCUT2D eigenvalue weighted by Crippen LogP contribution is -2.41. The number of nitrogens with zero attached hydrogens (tertiary/aromatic N) is 2. The van der Waals surface area contributed by atoms with Crippen molar-refractivity contribution in [2.45, 2.75) is 47.1 Å². The first-order valence-corrected chi connectivity index (χ1v) is 8.04. The molecule has 0 bridgehead atoms. The van der Waals surface area contributed by atoms with Gasteiger partial charge in [-0.3, -0.25) is 25.1 Å². The van der Waals surface area contributed by atoms with Gasteiger partial charge in [-0.1, -0.05) is 13.8 Å². The van der Waals surface area contributed by atoms with Gasteiger partial charge < -0.3 is 4.42 Å². The number of carbonyl (C=O) groups is 2. The van der Waals surface area contributed by atoms with E-state index in [0.29, 0.717) is 12.3 Å². The normalized spacial score (nSPS) is 10.9. The molecule has 0 saturated heterocycles. The van der Waals surface area contributed by atoms with Gasteiger partial charge in [0, 0.05) is 18.7 Å². The summed E-state index contributed by atoms with van der Waals surface area (Å²) in [5, 5.41) is 4.54. The van der Waals surface area contributed by atoms with Gasteiger partial charge in [0.1, 0.15) is 0 Å². The molecule has 2 rings (SSSR count). The van der Waals surface area contributed by atoms with Gasteiger partial charge >= 0.3 is 5.91 Å². The first-order valence-electron chi connectivity index (χ1n) is 8.04. The smallest absolute Gasteiger partial charge is 0.305 e. The number of aryl methyl sites for hydroxylation is 1. The lowest BCUT2D eigenvalue weighted by Gasteiger charge is -2.08. The van der Waals surface area contributed by atoms with E-state index in [1.807, 2.05) is 18.5 Å². The minimum Gasteiger partial charge on any atom is -0.459 e. The minimum atomic E-state index is -0.481. The minimum absolute atomic E-state index is 0.150. The van der Waals surface area contributed by atoms with Gasteiger partial charge in [0.05, 0.1) is 12.0 Å². The molecule has 0 spiro atoms. The van der Waals surface area contributed by atoms with E-state index in [2.05, 4.69) is 29.8 Å². The summed E-state index contributed by atoms with van der Waals surface area (Å²) in [6.45, 7) is 9.12. The Bertz CT molecular complexity index is 702. The van der Waals surface area contributed by atoms with E-state index in [4.69, 9.17) is 4.42 Å². The Morgan fingerprint density at radius 2 is 2.04 bits per heavy atom. The summed E-state index contributed by atoms with van der Waals surface area (Å²) in [6.07, 6.45) is 2.25. The molecule has 130 valence electrons. The Kier molecular flexibility index (Phi) is 5.78. The third kappa shape index (κ3) is 4.47. The van der Waals surface area contributed by atoms with Crippen molar-refractivity contribution in [3.05, 3.63) is 41.1 Å². The zero-order chi connectivity index (χ0) is 17.7.